The molecule has 0 aliphatic carbocycles. The summed E-state index contributed by atoms with van der Waals surface area (Å²) in [7, 11) is 0. The summed E-state index contributed by atoms with van der Waals surface area (Å²) in [5.74, 6) is -0.965. The summed E-state index contributed by atoms with van der Waals surface area (Å²) in [5.41, 5.74) is 0. The Morgan fingerprint density at radius 2 is 0.506 bits per heavy atom. The normalized spacial score (nSPS) is 12.5. The van der Waals surface area contributed by atoms with E-state index in [4.69, 9.17) is 14.2 Å². The highest BCUT2D eigenvalue weighted by Crippen LogP contribution is 2.18. The van der Waals surface area contributed by atoms with E-state index in [9.17, 15) is 14.4 Å². The fourth-order valence-corrected chi connectivity index (χ4v) is 9.77. The van der Waals surface area contributed by atoms with E-state index in [1.54, 1.807) is 0 Å². The van der Waals surface area contributed by atoms with Gasteiger partial charge in [0.1, 0.15) is 13.2 Å². The van der Waals surface area contributed by atoms with Crippen molar-refractivity contribution < 1.29 is 28.6 Å². The first-order valence-corrected chi connectivity index (χ1v) is 33.4. The van der Waals surface area contributed by atoms with Gasteiger partial charge in [0.05, 0.1) is 0 Å². The second-order valence-corrected chi connectivity index (χ2v) is 22.4. The van der Waals surface area contributed by atoms with Crippen molar-refractivity contribution in [3.05, 3.63) is 72.9 Å². The summed E-state index contributed by atoms with van der Waals surface area (Å²) in [4.78, 5) is 38.3. The van der Waals surface area contributed by atoms with Gasteiger partial charge in [-0.1, -0.05) is 338 Å². The SMILES string of the molecule is CC/C=C\C/C=C\C/C=C\C/C=C\C/C=C\C/C=C\CCC(=O)OC(COC(=O)CCCCCCCCCCCCCCCCCC)COC(=O)CCCCCCCCCCCCCCCCCCCCCCCCCC. The Kier molecular flexibility index (Phi) is 62.7. The molecule has 0 saturated heterocycles. The van der Waals surface area contributed by atoms with Crippen molar-refractivity contribution in [2.24, 2.45) is 0 Å². The number of carbonyl (C=O) groups excluding carboxylic acids is 3. The van der Waals surface area contributed by atoms with Crippen LogP contribution in [0.25, 0.3) is 0 Å². The van der Waals surface area contributed by atoms with Gasteiger partial charge in [-0.15, -0.1) is 0 Å². The average Bonchev–Trinajstić information content (AvgIpc) is 3.43. The maximum atomic E-state index is 12.9. The highest BCUT2D eigenvalue weighted by Gasteiger charge is 2.19. The van der Waals surface area contributed by atoms with E-state index < -0.39 is 6.10 Å². The minimum atomic E-state index is -0.814. The molecule has 0 aromatic carbocycles. The minimum Gasteiger partial charge on any atom is -0.462 e. The summed E-state index contributed by atoms with van der Waals surface area (Å²) in [6.07, 6.45) is 85.1. The lowest BCUT2D eigenvalue weighted by atomic mass is 10.0. The van der Waals surface area contributed by atoms with Gasteiger partial charge in [-0.05, 0) is 57.8 Å². The highest BCUT2D eigenvalue weighted by atomic mass is 16.6. The lowest BCUT2D eigenvalue weighted by Gasteiger charge is -2.18. The number of unbranched alkanes of at least 4 members (excludes halogenated alkanes) is 38. The van der Waals surface area contributed by atoms with E-state index in [0.717, 1.165) is 77.0 Å². The van der Waals surface area contributed by atoms with Crippen molar-refractivity contribution in [2.45, 2.75) is 348 Å². The Morgan fingerprint density at radius 1 is 0.273 bits per heavy atom. The molecule has 0 bridgehead atoms. The molecule has 77 heavy (non-hydrogen) atoms. The number of allylic oxidation sites excluding steroid dienone is 12. The van der Waals surface area contributed by atoms with E-state index in [1.807, 2.05) is 6.08 Å². The molecule has 0 amide bonds. The zero-order valence-electron chi connectivity index (χ0n) is 51.2. The zero-order valence-corrected chi connectivity index (χ0v) is 51.2. The largest absolute Gasteiger partial charge is 0.462 e. The molecular formula is C71H126O6. The minimum absolute atomic E-state index is 0.101. The zero-order chi connectivity index (χ0) is 55.7. The van der Waals surface area contributed by atoms with E-state index in [-0.39, 0.29) is 37.5 Å². The van der Waals surface area contributed by atoms with Crippen LogP contribution in [-0.4, -0.2) is 37.2 Å². The third-order valence-corrected chi connectivity index (χ3v) is 14.7. The van der Waals surface area contributed by atoms with Crippen molar-refractivity contribution in [3.63, 3.8) is 0 Å². The Labute approximate surface area is 478 Å². The van der Waals surface area contributed by atoms with Crippen LogP contribution < -0.4 is 0 Å². The summed E-state index contributed by atoms with van der Waals surface area (Å²) in [6, 6.07) is 0. The van der Waals surface area contributed by atoms with Crippen molar-refractivity contribution in [1.82, 2.24) is 0 Å². The molecule has 0 N–H and O–H groups in total. The lowest BCUT2D eigenvalue weighted by molar-refractivity contribution is -0.166. The molecule has 0 aromatic heterocycles. The second-order valence-electron chi connectivity index (χ2n) is 22.4. The summed E-state index contributed by atoms with van der Waals surface area (Å²) >= 11 is 0. The Morgan fingerprint density at radius 3 is 0.766 bits per heavy atom. The lowest BCUT2D eigenvalue weighted by Crippen LogP contribution is -2.30. The average molecular weight is 1080 g/mol. The topological polar surface area (TPSA) is 78.9 Å². The molecule has 0 aromatic rings. The molecule has 0 radical (unpaired) electrons. The molecule has 0 rings (SSSR count). The first kappa shape index (κ1) is 73.8. The Bertz CT molecular complexity index is 1420. The van der Waals surface area contributed by atoms with Crippen LogP contribution in [0.15, 0.2) is 72.9 Å². The number of rotatable bonds is 61. The molecule has 6 heteroatoms. The molecule has 0 aliphatic heterocycles. The standard InChI is InChI=1S/C71H126O6/c1-4-7-10-13-16-19-22-25-28-31-33-34-35-36-37-39-40-43-46-49-52-55-58-61-64-70(73)76-67-68(66-75-69(72)63-60-57-54-51-48-45-42-30-27-24-21-18-15-12-9-6-3)77-71(74)65-62-59-56-53-50-47-44-41-38-32-29-26-23-20-17-14-11-8-5-2/h8,11,17,20,26,29,38,41,47,50,56,59,68H,4-7,9-10,12-16,18-19,21-25,27-28,30-37,39-40,42-46,48-49,51-55,57-58,60-67H2,1-3H3/b11-8-,20-17-,29-26-,41-38-,50-47-,59-56-. The summed E-state index contributed by atoms with van der Waals surface area (Å²) in [5, 5.41) is 0. The van der Waals surface area contributed by atoms with Gasteiger partial charge in [0.2, 0.25) is 0 Å². The number of hydrogen-bond acceptors (Lipinski definition) is 6. The van der Waals surface area contributed by atoms with Gasteiger partial charge in [0.25, 0.3) is 0 Å². The van der Waals surface area contributed by atoms with Gasteiger partial charge in [-0.2, -0.15) is 0 Å². The number of carbonyl (C=O) groups is 3. The van der Waals surface area contributed by atoms with Gasteiger partial charge < -0.3 is 14.2 Å². The van der Waals surface area contributed by atoms with Crippen molar-refractivity contribution in [3.8, 4) is 0 Å². The molecule has 446 valence electrons. The molecule has 0 heterocycles. The van der Waals surface area contributed by atoms with Gasteiger partial charge in [0, 0.05) is 19.3 Å². The van der Waals surface area contributed by atoms with E-state index in [2.05, 4.69) is 87.6 Å². The third kappa shape index (κ3) is 63.6. The predicted octanol–water partition coefficient (Wildman–Crippen LogP) is 22.9. The van der Waals surface area contributed by atoms with E-state index in [1.165, 1.54) is 218 Å². The van der Waals surface area contributed by atoms with Crippen LogP contribution in [-0.2, 0) is 28.6 Å². The van der Waals surface area contributed by atoms with E-state index >= 15 is 0 Å². The highest BCUT2D eigenvalue weighted by molar-refractivity contribution is 5.71. The van der Waals surface area contributed by atoms with Crippen LogP contribution in [0.4, 0.5) is 0 Å². The van der Waals surface area contributed by atoms with Gasteiger partial charge in [-0.3, -0.25) is 14.4 Å². The van der Waals surface area contributed by atoms with Crippen LogP contribution in [0, 0.1) is 0 Å². The van der Waals surface area contributed by atoms with Gasteiger partial charge in [0.15, 0.2) is 6.10 Å². The van der Waals surface area contributed by atoms with Crippen molar-refractivity contribution in [2.75, 3.05) is 13.2 Å². The first-order valence-electron chi connectivity index (χ1n) is 33.4. The van der Waals surface area contributed by atoms with E-state index in [0.29, 0.717) is 19.3 Å². The monoisotopic (exact) mass is 1070 g/mol. The van der Waals surface area contributed by atoms with Crippen molar-refractivity contribution >= 4 is 17.9 Å². The molecule has 1 atom stereocenters. The predicted molar refractivity (Wildman–Crippen MR) is 335 cm³/mol. The first-order chi connectivity index (χ1) is 38.0. The fourth-order valence-electron chi connectivity index (χ4n) is 9.77. The van der Waals surface area contributed by atoms with Crippen molar-refractivity contribution in [1.29, 1.82) is 0 Å². The second kappa shape index (κ2) is 65.4. The third-order valence-electron chi connectivity index (χ3n) is 14.7. The fraction of sp³-hybridized carbons (Fsp3) is 0.789. The molecular weight excluding hydrogens is 949 g/mol. The van der Waals surface area contributed by atoms with Crippen LogP contribution in [0.3, 0.4) is 0 Å². The van der Waals surface area contributed by atoms with Crippen LogP contribution in [0.5, 0.6) is 0 Å². The summed E-state index contributed by atoms with van der Waals surface area (Å²) in [6.45, 7) is 6.52. The maximum Gasteiger partial charge on any atom is 0.306 e. The number of ether oxygens (including phenoxy) is 3. The van der Waals surface area contributed by atoms with Gasteiger partial charge in [-0.25, -0.2) is 0 Å². The van der Waals surface area contributed by atoms with Crippen LogP contribution in [0.2, 0.25) is 0 Å². The molecule has 0 fully saturated rings. The quantitative estimate of drug-likeness (QED) is 0.0261. The summed E-state index contributed by atoms with van der Waals surface area (Å²) < 4.78 is 16.9. The van der Waals surface area contributed by atoms with Crippen LogP contribution in [0.1, 0.15) is 342 Å². The molecule has 6 nitrogen and oxygen atoms in total. The Balaban J connectivity index is 4.38. The number of esters is 3. The molecule has 0 aliphatic rings. The van der Waals surface area contributed by atoms with Crippen LogP contribution >= 0.6 is 0 Å². The number of hydrogen-bond donors (Lipinski definition) is 0. The molecule has 1 unspecified atom stereocenters. The Hall–Kier alpha value is -3.15. The maximum absolute atomic E-state index is 12.9. The van der Waals surface area contributed by atoms with Gasteiger partial charge >= 0.3 is 17.9 Å². The smallest absolute Gasteiger partial charge is 0.306 e. The molecule has 0 spiro atoms. The molecule has 0 saturated carbocycles.